The second-order valence-electron chi connectivity index (χ2n) is 5.60. The highest BCUT2D eigenvalue weighted by atomic mass is 35.5. The average molecular weight is 449 g/mol. The highest BCUT2D eigenvalue weighted by Gasteiger charge is 2.46. The van der Waals surface area contributed by atoms with Gasteiger partial charge in [0.25, 0.3) is 0 Å². The van der Waals surface area contributed by atoms with Gasteiger partial charge in [-0.1, -0.05) is 35.9 Å². The Labute approximate surface area is 167 Å². The van der Waals surface area contributed by atoms with Gasteiger partial charge in [-0.15, -0.1) is 11.3 Å². The zero-order chi connectivity index (χ0) is 20.5. The van der Waals surface area contributed by atoms with Crippen LogP contribution in [0.1, 0.15) is 5.56 Å². The molecule has 3 rings (SSSR count). The first-order valence-electron chi connectivity index (χ1n) is 7.66. The van der Waals surface area contributed by atoms with Gasteiger partial charge in [0.1, 0.15) is 5.01 Å². The number of benzene rings is 2. The molecule has 2 N–H and O–H groups in total. The van der Waals surface area contributed by atoms with Crippen LogP contribution >= 0.6 is 22.9 Å². The monoisotopic (exact) mass is 448 g/mol. The van der Waals surface area contributed by atoms with E-state index in [1.54, 1.807) is 17.5 Å². The summed E-state index contributed by atoms with van der Waals surface area (Å²) in [5.41, 5.74) is -3.38. The second kappa shape index (κ2) is 7.70. The summed E-state index contributed by atoms with van der Waals surface area (Å²) in [7, 11) is -5.53. The third kappa shape index (κ3) is 4.14. The van der Waals surface area contributed by atoms with E-state index in [0.717, 1.165) is 11.6 Å². The molecule has 1 aromatic heterocycles. The van der Waals surface area contributed by atoms with Crippen LogP contribution in [0.3, 0.4) is 0 Å². The Balaban J connectivity index is 1.91. The molecule has 11 heteroatoms. The molecule has 0 fully saturated rings. The van der Waals surface area contributed by atoms with E-state index in [0.29, 0.717) is 21.8 Å². The van der Waals surface area contributed by atoms with Gasteiger partial charge in [-0.05, 0) is 23.8 Å². The number of aromatic nitrogens is 1. The smallest absolute Gasteiger partial charge is 0.392 e. The van der Waals surface area contributed by atoms with Gasteiger partial charge >= 0.3 is 15.5 Å². The molecule has 0 aliphatic rings. The van der Waals surface area contributed by atoms with E-state index in [-0.39, 0.29) is 17.3 Å². The summed E-state index contributed by atoms with van der Waals surface area (Å²) in [6, 6.07) is 10.8. The van der Waals surface area contributed by atoms with Crippen LogP contribution in [0.2, 0.25) is 5.02 Å². The van der Waals surface area contributed by atoms with Crippen molar-refractivity contribution >= 4 is 38.6 Å². The maximum atomic E-state index is 12.5. The summed E-state index contributed by atoms with van der Waals surface area (Å²) < 4.78 is 61.3. The van der Waals surface area contributed by atoms with Gasteiger partial charge in [0.2, 0.25) is 0 Å². The van der Waals surface area contributed by atoms with E-state index in [9.17, 15) is 26.7 Å². The lowest BCUT2D eigenvalue weighted by Gasteiger charge is -2.11. The first-order chi connectivity index (χ1) is 13.1. The number of hydrogen-bond donors (Lipinski definition) is 2. The van der Waals surface area contributed by atoms with E-state index >= 15 is 0 Å². The van der Waals surface area contributed by atoms with E-state index in [1.807, 2.05) is 12.1 Å². The summed E-state index contributed by atoms with van der Waals surface area (Å²) in [6.07, 6.45) is 0. The minimum atomic E-state index is -5.53. The molecule has 28 heavy (non-hydrogen) atoms. The summed E-state index contributed by atoms with van der Waals surface area (Å²) >= 11 is 7.44. The molecule has 0 unspecified atom stereocenters. The number of hydrogen-bond acceptors (Lipinski definition) is 5. The third-order valence-electron chi connectivity index (χ3n) is 3.72. The largest absolute Gasteiger partial charge is 0.516 e. The lowest BCUT2D eigenvalue weighted by molar-refractivity contribution is -0.0429. The summed E-state index contributed by atoms with van der Waals surface area (Å²) in [6.45, 7) is -0.153. The quantitative estimate of drug-likeness (QED) is 0.582. The van der Waals surface area contributed by atoms with Crippen molar-refractivity contribution in [2.75, 3.05) is 4.72 Å². The molecule has 0 aliphatic heterocycles. The number of aliphatic hydroxyl groups is 1. The van der Waals surface area contributed by atoms with Crippen LogP contribution in [0.15, 0.2) is 47.8 Å². The third-order valence-corrected chi connectivity index (χ3v) is 6.03. The minimum absolute atomic E-state index is 0.0367. The first-order valence-corrected chi connectivity index (χ1v) is 10.4. The van der Waals surface area contributed by atoms with Crippen molar-refractivity contribution < 1.29 is 26.7 Å². The summed E-state index contributed by atoms with van der Waals surface area (Å²) in [5, 5.41) is 11.8. The van der Waals surface area contributed by atoms with Gasteiger partial charge in [-0.2, -0.15) is 21.6 Å². The van der Waals surface area contributed by atoms with Gasteiger partial charge in [-0.25, -0.2) is 4.98 Å². The predicted molar refractivity (Wildman–Crippen MR) is 103 cm³/mol. The number of alkyl halides is 3. The molecule has 0 bridgehead atoms. The number of aliphatic hydroxyl groups excluding tert-OH is 1. The number of sulfonamides is 1. The van der Waals surface area contributed by atoms with Crippen LogP contribution in [0.4, 0.5) is 18.9 Å². The zero-order valence-electron chi connectivity index (χ0n) is 13.9. The fourth-order valence-electron chi connectivity index (χ4n) is 2.39. The fourth-order valence-corrected chi connectivity index (χ4v) is 4.10. The Morgan fingerprint density at radius 1 is 1.14 bits per heavy atom. The first kappa shape index (κ1) is 20.6. The van der Waals surface area contributed by atoms with Crippen molar-refractivity contribution in [1.29, 1.82) is 0 Å². The van der Waals surface area contributed by atoms with E-state index in [4.69, 9.17) is 11.6 Å². The molecule has 0 saturated heterocycles. The van der Waals surface area contributed by atoms with Crippen molar-refractivity contribution in [3.63, 3.8) is 0 Å². The predicted octanol–water partition coefficient (Wildman–Crippen LogP) is 4.88. The molecular weight excluding hydrogens is 437 g/mol. The standard InChI is InChI=1S/C17H12ClF3N2O3S2/c18-14-7-11(23-28(25,26)17(19,20)21)5-6-13(14)15-9-27-16(22-15)12-4-2-1-3-10(12)8-24/h1-7,9,23-24H,8H2. The molecule has 0 amide bonds. The van der Waals surface area contributed by atoms with E-state index in [2.05, 4.69) is 4.98 Å². The zero-order valence-corrected chi connectivity index (χ0v) is 16.3. The van der Waals surface area contributed by atoms with Crippen molar-refractivity contribution in [2.24, 2.45) is 0 Å². The molecule has 0 atom stereocenters. The van der Waals surface area contributed by atoms with Gasteiger partial charge in [0.05, 0.1) is 23.0 Å². The average Bonchev–Trinajstić information content (AvgIpc) is 3.10. The number of anilines is 1. The lowest BCUT2D eigenvalue weighted by atomic mass is 10.1. The van der Waals surface area contributed by atoms with Crippen LogP contribution in [0.25, 0.3) is 21.8 Å². The molecule has 0 saturated carbocycles. The van der Waals surface area contributed by atoms with Crippen molar-refractivity contribution in [2.45, 2.75) is 12.1 Å². The van der Waals surface area contributed by atoms with Crippen molar-refractivity contribution in [3.8, 4) is 21.8 Å². The van der Waals surface area contributed by atoms with Crippen LogP contribution in [0.5, 0.6) is 0 Å². The van der Waals surface area contributed by atoms with Gasteiger partial charge in [0.15, 0.2) is 0 Å². The topological polar surface area (TPSA) is 79.3 Å². The Hall–Kier alpha value is -2.14. The van der Waals surface area contributed by atoms with Crippen LogP contribution < -0.4 is 4.72 Å². The molecule has 148 valence electrons. The lowest BCUT2D eigenvalue weighted by Crippen LogP contribution is -2.29. The summed E-state index contributed by atoms with van der Waals surface area (Å²) in [5.74, 6) is 0. The highest BCUT2D eigenvalue weighted by molar-refractivity contribution is 7.93. The highest BCUT2D eigenvalue weighted by Crippen LogP contribution is 2.35. The van der Waals surface area contributed by atoms with Crippen LogP contribution in [-0.4, -0.2) is 24.0 Å². The van der Waals surface area contributed by atoms with Crippen molar-refractivity contribution in [3.05, 3.63) is 58.4 Å². The fraction of sp³-hybridized carbons (Fsp3) is 0.118. The molecule has 0 aliphatic carbocycles. The Kier molecular flexibility index (Phi) is 5.67. The normalized spacial score (nSPS) is 12.2. The molecule has 1 heterocycles. The number of halogens is 4. The summed E-state index contributed by atoms with van der Waals surface area (Å²) in [4.78, 5) is 4.47. The molecule has 2 aromatic carbocycles. The molecule has 5 nitrogen and oxygen atoms in total. The number of rotatable bonds is 5. The van der Waals surface area contributed by atoms with Gasteiger partial charge < -0.3 is 5.11 Å². The van der Waals surface area contributed by atoms with Crippen LogP contribution in [0, 0.1) is 0 Å². The van der Waals surface area contributed by atoms with Crippen LogP contribution in [-0.2, 0) is 16.6 Å². The Morgan fingerprint density at radius 3 is 2.50 bits per heavy atom. The number of nitrogens with zero attached hydrogens (tertiary/aromatic N) is 1. The number of thiazole rings is 1. The van der Waals surface area contributed by atoms with Crippen molar-refractivity contribution in [1.82, 2.24) is 4.98 Å². The molecular formula is C17H12ClF3N2O3S2. The van der Waals surface area contributed by atoms with Gasteiger partial charge in [-0.3, -0.25) is 4.72 Å². The second-order valence-corrected chi connectivity index (χ2v) is 8.54. The molecule has 0 spiro atoms. The molecule has 3 aromatic rings. The Morgan fingerprint density at radius 2 is 1.86 bits per heavy atom. The molecule has 0 radical (unpaired) electrons. The Bertz CT molecular complexity index is 1110. The maximum absolute atomic E-state index is 12.5. The number of nitrogens with one attached hydrogen (secondary N) is 1. The maximum Gasteiger partial charge on any atom is 0.516 e. The SMILES string of the molecule is O=S(=O)(Nc1ccc(-c2csc(-c3ccccc3CO)n2)c(Cl)c1)C(F)(F)F. The van der Waals surface area contributed by atoms with Gasteiger partial charge in [0, 0.05) is 16.5 Å². The minimum Gasteiger partial charge on any atom is -0.392 e. The van der Waals surface area contributed by atoms with E-state index < -0.39 is 15.5 Å². The van der Waals surface area contributed by atoms with E-state index in [1.165, 1.54) is 28.2 Å².